The fourth-order valence-electron chi connectivity index (χ4n) is 2.53. The van der Waals surface area contributed by atoms with E-state index < -0.39 is 0 Å². The number of ether oxygens (including phenoxy) is 2. The van der Waals surface area contributed by atoms with Crippen molar-refractivity contribution in [2.45, 2.75) is 65.8 Å². The van der Waals surface area contributed by atoms with E-state index in [4.69, 9.17) is 21.1 Å². The first-order valence-corrected chi connectivity index (χ1v) is 9.39. The normalized spacial score (nSPS) is 10.8. The fraction of sp³-hybridized carbons (Fsp3) is 0.684. The summed E-state index contributed by atoms with van der Waals surface area (Å²) in [5.74, 6) is 1.38. The van der Waals surface area contributed by atoms with Gasteiger partial charge < -0.3 is 14.8 Å². The number of nitrogens with one attached hydrogen (secondary N) is 1. The van der Waals surface area contributed by atoms with Crippen molar-refractivity contribution in [3.63, 3.8) is 0 Å². The predicted octanol–water partition coefficient (Wildman–Crippen LogP) is 5.59. The zero-order valence-corrected chi connectivity index (χ0v) is 15.7. The van der Waals surface area contributed by atoms with Gasteiger partial charge in [-0.3, -0.25) is 0 Å². The van der Waals surface area contributed by atoms with E-state index in [2.05, 4.69) is 12.2 Å². The highest BCUT2D eigenvalue weighted by Gasteiger charge is 2.12. The van der Waals surface area contributed by atoms with E-state index in [0.29, 0.717) is 24.0 Å². The summed E-state index contributed by atoms with van der Waals surface area (Å²) in [6, 6.07) is 3.98. The van der Waals surface area contributed by atoms with Crippen molar-refractivity contribution in [3.8, 4) is 11.5 Å². The molecule has 0 aliphatic rings. The van der Waals surface area contributed by atoms with Gasteiger partial charge in [-0.25, -0.2) is 0 Å². The van der Waals surface area contributed by atoms with Crippen molar-refractivity contribution >= 4 is 11.6 Å². The fourth-order valence-corrected chi connectivity index (χ4v) is 2.82. The highest BCUT2D eigenvalue weighted by molar-refractivity contribution is 6.32. The molecule has 0 aromatic heterocycles. The van der Waals surface area contributed by atoms with Gasteiger partial charge >= 0.3 is 0 Å². The van der Waals surface area contributed by atoms with Crippen molar-refractivity contribution in [3.05, 3.63) is 22.7 Å². The molecule has 0 fully saturated rings. The lowest BCUT2D eigenvalue weighted by Crippen LogP contribution is -2.15. The van der Waals surface area contributed by atoms with Gasteiger partial charge in [0.15, 0.2) is 11.5 Å². The first-order chi connectivity index (χ1) is 11.2. The summed E-state index contributed by atoms with van der Waals surface area (Å²) in [7, 11) is 0. The SMILES string of the molecule is CCCCCCCCNCc1cc(Cl)c(OCC)c(OCC)c1. The van der Waals surface area contributed by atoms with Crippen LogP contribution < -0.4 is 14.8 Å². The van der Waals surface area contributed by atoms with Gasteiger partial charge in [0.2, 0.25) is 0 Å². The van der Waals surface area contributed by atoms with E-state index in [0.717, 1.165) is 24.4 Å². The lowest BCUT2D eigenvalue weighted by molar-refractivity contribution is 0.287. The van der Waals surface area contributed by atoms with Crippen LogP contribution in [0.15, 0.2) is 12.1 Å². The van der Waals surface area contributed by atoms with Gasteiger partial charge in [-0.1, -0.05) is 50.6 Å². The summed E-state index contributed by atoms with van der Waals surface area (Å²) in [5.41, 5.74) is 1.13. The van der Waals surface area contributed by atoms with E-state index in [9.17, 15) is 0 Å². The molecule has 23 heavy (non-hydrogen) atoms. The molecule has 0 aliphatic heterocycles. The molecule has 0 aliphatic carbocycles. The molecule has 0 amide bonds. The molecule has 1 aromatic carbocycles. The van der Waals surface area contributed by atoms with Gasteiger partial charge in [0.25, 0.3) is 0 Å². The lowest BCUT2D eigenvalue weighted by Gasteiger charge is -2.14. The molecule has 0 radical (unpaired) electrons. The first kappa shape index (κ1) is 20.1. The number of unbranched alkanes of at least 4 members (excludes halogenated alkanes) is 5. The van der Waals surface area contributed by atoms with Crippen molar-refractivity contribution in [2.75, 3.05) is 19.8 Å². The monoisotopic (exact) mass is 341 g/mol. The molecule has 0 unspecified atom stereocenters. The molecule has 1 N–H and O–H groups in total. The average Bonchev–Trinajstić information content (AvgIpc) is 2.53. The molecule has 0 saturated carbocycles. The van der Waals surface area contributed by atoms with E-state index in [1.165, 1.54) is 38.5 Å². The van der Waals surface area contributed by atoms with Gasteiger partial charge in [0.1, 0.15) is 0 Å². The van der Waals surface area contributed by atoms with Crippen LogP contribution in [0.4, 0.5) is 0 Å². The average molecular weight is 342 g/mol. The van der Waals surface area contributed by atoms with E-state index >= 15 is 0 Å². The second-order valence-corrected chi connectivity index (χ2v) is 6.12. The van der Waals surface area contributed by atoms with E-state index in [-0.39, 0.29) is 0 Å². The highest BCUT2D eigenvalue weighted by Crippen LogP contribution is 2.36. The minimum Gasteiger partial charge on any atom is -0.490 e. The Kier molecular flexibility index (Phi) is 10.9. The summed E-state index contributed by atoms with van der Waals surface area (Å²) < 4.78 is 11.2. The molecule has 3 nitrogen and oxygen atoms in total. The Balaban J connectivity index is 2.41. The summed E-state index contributed by atoms with van der Waals surface area (Å²) in [6.45, 7) is 9.19. The predicted molar refractivity (Wildman–Crippen MR) is 98.9 cm³/mol. The summed E-state index contributed by atoms with van der Waals surface area (Å²) in [4.78, 5) is 0. The molecule has 132 valence electrons. The second kappa shape index (κ2) is 12.5. The van der Waals surface area contributed by atoms with Crippen molar-refractivity contribution in [1.82, 2.24) is 5.32 Å². The van der Waals surface area contributed by atoms with Crippen LogP contribution in [-0.2, 0) is 6.54 Å². The molecule has 1 rings (SSSR count). The van der Waals surface area contributed by atoms with Crippen LogP contribution in [0.2, 0.25) is 5.02 Å². The van der Waals surface area contributed by atoms with Gasteiger partial charge in [0, 0.05) is 6.54 Å². The Bertz CT molecular complexity index is 438. The Morgan fingerprint density at radius 1 is 0.913 bits per heavy atom. The summed E-state index contributed by atoms with van der Waals surface area (Å²) in [6.07, 6.45) is 7.91. The van der Waals surface area contributed by atoms with E-state index in [1.54, 1.807) is 0 Å². The zero-order chi connectivity index (χ0) is 16.9. The van der Waals surface area contributed by atoms with Crippen molar-refractivity contribution < 1.29 is 9.47 Å². The molecule has 0 bridgehead atoms. The number of hydrogen-bond donors (Lipinski definition) is 1. The topological polar surface area (TPSA) is 30.5 Å². The van der Waals surface area contributed by atoms with Crippen molar-refractivity contribution in [1.29, 1.82) is 0 Å². The lowest BCUT2D eigenvalue weighted by atomic mass is 10.1. The van der Waals surface area contributed by atoms with Crippen LogP contribution >= 0.6 is 11.6 Å². The van der Waals surface area contributed by atoms with Gasteiger partial charge in [0.05, 0.1) is 18.2 Å². The molecule has 0 atom stereocenters. The third kappa shape index (κ3) is 7.94. The first-order valence-electron chi connectivity index (χ1n) is 9.01. The van der Waals surface area contributed by atoms with Crippen LogP contribution in [-0.4, -0.2) is 19.8 Å². The Morgan fingerprint density at radius 3 is 2.30 bits per heavy atom. The van der Waals surface area contributed by atoms with Crippen LogP contribution in [0.1, 0.15) is 64.9 Å². The molecule has 1 aromatic rings. The quantitative estimate of drug-likeness (QED) is 0.474. The molecule has 4 heteroatoms. The Hall–Kier alpha value is -0.930. The zero-order valence-electron chi connectivity index (χ0n) is 14.9. The second-order valence-electron chi connectivity index (χ2n) is 5.72. The molecule has 0 spiro atoms. The van der Waals surface area contributed by atoms with Crippen LogP contribution in [0.25, 0.3) is 0 Å². The van der Waals surface area contributed by atoms with Crippen LogP contribution in [0, 0.1) is 0 Å². The van der Waals surface area contributed by atoms with Crippen LogP contribution in [0.5, 0.6) is 11.5 Å². The maximum atomic E-state index is 6.33. The minimum absolute atomic E-state index is 0.579. The molecular weight excluding hydrogens is 310 g/mol. The highest BCUT2D eigenvalue weighted by atomic mass is 35.5. The van der Waals surface area contributed by atoms with Gasteiger partial charge in [-0.15, -0.1) is 0 Å². The van der Waals surface area contributed by atoms with Gasteiger partial charge in [-0.05, 0) is 44.5 Å². The maximum absolute atomic E-state index is 6.33. The largest absolute Gasteiger partial charge is 0.490 e. The third-order valence-electron chi connectivity index (χ3n) is 3.69. The number of benzene rings is 1. The van der Waals surface area contributed by atoms with Crippen molar-refractivity contribution in [2.24, 2.45) is 0 Å². The maximum Gasteiger partial charge on any atom is 0.179 e. The Morgan fingerprint density at radius 2 is 1.61 bits per heavy atom. The summed E-state index contributed by atoms with van der Waals surface area (Å²) >= 11 is 6.33. The molecule has 0 saturated heterocycles. The van der Waals surface area contributed by atoms with Crippen LogP contribution in [0.3, 0.4) is 0 Å². The molecule has 0 heterocycles. The standard InChI is InChI=1S/C19H32ClNO2/c1-4-7-8-9-10-11-12-21-15-16-13-17(20)19(23-6-3)18(14-16)22-5-2/h13-14,21H,4-12,15H2,1-3H3. The molecular formula is C19H32ClNO2. The third-order valence-corrected chi connectivity index (χ3v) is 3.97. The minimum atomic E-state index is 0.579. The Labute approximate surface area is 146 Å². The number of rotatable bonds is 13. The number of hydrogen-bond acceptors (Lipinski definition) is 3. The summed E-state index contributed by atoms with van der Waals surface area (Å²) in [5, 5.41) is 4.11. The van der Waals surface area contributed by atoms with Gasteiger partial charge in [-0.2, -0.15) is 0 Å². The van der Waals surface area contributed by atoms with E-state index in [1.807, 2.05) is 26.0 Å². The smallest absolute Gasteiger partial charge is 0.179 e. The number of halogens is 1.